The number of carbonyl (C=O) groups is 5. The van der Waals surface area contributed by atoms with Crippen LogP contribution in [0.4, 0.5) is 0 Å². The van der Waals surface area contributed by atoms with Crippen molar-refractivity contribution in [1.29, 1.82) is 0 Å². The van der Waals surface area contributed by atoms with E-state index in [0.717, 1.165) is 5.56 Å². The lowest BCUT2D eigenvalue weighted by Gasteiger charge is -2.28. The molecule has 1 aliphatic rings. The lowest BCUT2D eigenvalue weighted by Crippen LogP contribution is -2.57. The Morgan fingerprint density at radius 1 is 1.09 bits per heavy atom. The highest BCUT2D eigenvalue weighted by atomic mass is 32.1. The molecule has 3 amide bonds. The Morgan fingerprint density at radius 2 is 1.74 bits per heavy atom. The van der Waals surface area contributed by atoms with Crippen LogP contribution in [0, 0.1) is 0 Å². The predicted molar refractivity (Wildman–Crippen MR) is 122 cm³/mol. The number of benzene rings is 1. The number of carbonyl (C=O) groups excluding carboxylic acids is 3. The van der Waals surface area contributed by atoms with E-state index in [-0.39, 0.29) is 17.9 Å². The molecule has 34 heavy (non-hydrogen) atoms. The molecule has 7 N–H and O–H groups in total. The zero-order chi connectivity index (χ0) is 25.4. The number of nitrogens with one attached hydrogen (secondary N) is 2. The number of hydrogen-bond acceptors (Lipinski definition) is 8. The number of thiol groups is 1. The van der Waals surface area contributed by atoms with Crippen LogP contribution in [-0.4, -0.2) is 86.3 Å². The normalized spacial score (nSPS) is 17.9. The molecular weight excluding hydrogens is 468 g/mol. The second-order valence-corrected chi connectivity index (χ2v) is 8.27. The van der Waals surface area contributed by atoms with Crippen molar-refractivity contribution in [1.82, 2.24) is 15.5 Å². The quantitative estimate of drug-likeness (QED) is 0.182. The summed E-state index contributed by atoms with van der Waals surface area (Å²) in [7, 11) is 0. The highest BCUT2D eigenvalue weighted by Gasteiger charge is 2.37. The smallest absolute Gasteiger partial charge is 0.326 e. The lowest BCUT2D eigenvalue weighted by atomic mass is 10.0. The first-order chi connectivity index (χ1) is 16.0. The molecule has 1 saturated heterocycles. The molecule has 12 nitrogen and oxygen atoms in total. The Labute approximate surface area is 200 Å². The number of phenolic OH excluding ortho intramolecular Hbond substituents is 1. The first-order valence-corrected chi connectivity index (χ1v) is 11.2. The molecular formula is C21H28N4O8S. The van der Waals surface area contributed by atoms with E-state index in [4.69, 9.17) is 15.9 Å². The number of aliphatic carboxylic acids is 2. The van der Waals surface area contributed by atoms with Gasteiger partial charge in [-0.2, -0.15) is 12.6 Å². The number of aromatic hydroxyl groups is 1. The first-order valence-electron chi connectivity index (χ1n) is 10.5. The third kappa shape index (κ3) is 7.35. The van der Waals surface area contributed by atoms with Gasteiger partial charge in [0.1, 0.15) is 23.9 Å². The number of nitrogens with two attached hydrogens (primary N) is 1. The van der Waals surface area contributed by atoms with Crippen LogP contribution in [0.5, 0.6) is 5.75 Å². The first kappa shape index (κ1) is 26.9. The van der Waals surface area contributed by atoms with E-state index < -0.39 is 60.2 Å². The summed E-state index contributed by atoms with van der Waals surface area (Å²) in [6, 6.07) is 1.53. The van der Waals surface area contributed by atoms with Crippen molar-refractivity contribution >= 4 is 42.3 Å². The summed E-state index contributed by atoms with van der Waals surface area (Å²) >= 11 is 4.02. The van der Waals surface area contributed by atoms with Crippen molar-refractivity contribution in [2.75, 3.05) is 12.3 Å². The average molecular weight is 497 g/mol. The molecule has 4 unspecified atom stereocenters. The Hall–Kier alpha value is -3.32. The molecule has 0 aromatic heterocycles. The maximum atomic E-state index is 12.9. The van der Waals surface area contributed by atoms with Gasteiger partial charge in [0.2, 0.25) is 17.7 Å². The molecule has 1 aromatic rings. The zero-order valence-electron chi connectivity index (χ0n) is 18.2. The minimum Gasteiger partial charge on any atom is -0.508 e. The molecule has 4 atom stereocenters. The minimum atomic E-state index is -1.67. The molecule has 0 spiro atoms. The Balaban J connectivity index is 2.01. The van der Waals surface area contributed by atoms with E-state index >= 15 is 0 Å². The fraction of sp³-hybridized carbons (Fsp3) is 0.476. The van der Waals surface area contributed by atoms with Crippen LogP contribution in [0.15, 0.2) is 24.3 Å². The highest BCUT2D eigenvalue weighted by molar-refractivity contribution is 7.80. The summed E-state index contributed by atoms with van der Waals surface area (Å²) in [5, 5.41) is 31.8. The van der Waals surface area contributed by atoms with E-state index in [1.54, 1.807) is 12.1 Å². The number of hydrogen-bond donors (Lipinski definition) is 7. The largest absolute Gasteiger partial charge is 0.508 e. The van der Waals surface area contributed by atoms with Crippen LogP contribution in [0.2, 0.25) is 0 Å². The maximum Gasteiger partial charge on any atom is 0.326 e. The van der Waals surface area contributed by atoms with Crippen molar-refractivity contribution in [3.63, 3.8) is 0 Å². The summed E-state index contributed by atoms with van der Waals surface area (Å²) in [6.45, 7) is 0.303. The average Bonchev–Trinajstić information content (AvgIpc) is 3.27. The number of phenols is 1. The molecule has 1 heterocycles. The van der Waals surface area contributed by atoms with Gasteiger partial charge in [0, 0.05) is 12.3 Å². The molecule has 0 bridgehead atoms. The van der Waals surface area contributed by atoms with E-state index in [9.17, 15) is 29.1 Å². The van der Waals surface area contributed by atoms with Crippen LogP contribution in [0.1, 0.15) is 24.8 Å². The summed E-state index contributed by atoms with van der Waals surface area (Å²) in [5.41, 5.74) is 6.80. The molecule has 13 heteroatoms. The molecule has 186 valence electrons. The summed E-state index contributed by atoms with van der Waals surface area (Å²) < 4.78 is 0. The SMILES string of the molecule is NC(Cc1ccc(O)cc1)C(=O)N1CCCC1C(=O)NC(CS)C(=O)NC(CC(=O)O)C(=O)O. The van der Waals surface area contributed by atoms with Crippen molar-refractivity contribution < 1.29 is 39.3 Å². The highest BCUT2D eigenvalue weighted by Crippen LogP contribution is 2.20. The maximum absolute atomic E-state index is 12.9. The Bertz CT molecular complexity index is 926. The molecule has 1 fully saturated rings. The van der Waals surface area contributed by atoms with Crippen molar-refractivity contribution in [3.8, 4) is 5.75 Å². The van der Waals surface area contributed by atoms with Gasteiger partial charge in [-0.25, -0.2) is 4.79 Å². The molecule has 1 aromatic carbocycles. The molecule has 0 aliphatic carbocycles. The summed E-state index contributed by atoms with van der Waals surface area (Å²) in [6.07, 6.45) is 0.262. The molecule has 2 rings (SSSR count). The van der Waals surface area contributed by atoms with Gasteiger partial charge >= 0.3 is 11.9 Å². The fourth-order valence-corrected chi connectivity index (χ4v) is 3.86. The van der Waals surface area contributed by atoms with Crippen molar-refractivity contribution in [2.45, 2.75) is 49.9 Å². The number of rotatable bonds is 11. The number of amides is 3. The van der Waals surface area contributed by atoms with Gasteiger partial charge in [-0.1, -0.05) is 12.1 Å². The zero-order valence-corrected chi connectivity index (χ0v) is 19.1. The molecule has 1 aliphatic heterocycles. The predicted octanol–water partition coefficient (Wildman–Crippen LogP) is -1.29. The van der Waals surface area contributed by atoms with Gasteiger partial charge in [0.05, 0.1) is 12.5 Å². The monoisotopic (exact) mass is 496 g/mol. The lowest BCUT2D eigenvalue weighted by molar-refractivity contribution is -0.147. The Kier molecular flexibility index (Phi) is 9.69. The fourth-order valence-electron chi connectivity index (χ4n) is 3.60. The molecule has 0 radical (unpaired) electrons. The van der Waals surface area contributed by atoms with Gasteiger partial charge in [-0.05, 0) is 37.0 Å². The number of likely N-dealkylation sites (tertiary alicyclic amines) is 1. The summed E-state index contributed by atoms with van der Waals surface area (Å²) in [5.74, 6) is -5.01. The second-order valence-electron chi connectivity index (χ2n) is 7.91. The van der Waals surface area contributed by atoms with Crippen molar-refractivity contribution in [2.24, 2.45) is 5.73 Å². The van der Waals surface area contributed by atoms with Gasteiger partial charge in [-0.3, -0.25) is 19.2 Å². The summed E-state index contributed by atoms with van der Waals surface area (Å²) in [4.78, 5) is 61.5. The van der Waals surface area contributed by atoms with Crippen LogP contribution < -0.4 is 16.4 Å². The third-order valence-electron chi connectivity index (χ3n) is 5.36. The standard InChI is InChI=1S/C21H28N4O8S/c22-13(8-11-3-5-12(26)6-4-11)20(31)25-7-1-2-16(25)19(30)24-15(10-34)18(29)23-14(21(32)33)9-17(27)28/h3-6,13-16,26,34H,1-2,7-10,22H2,(H,23,29)(H,24,30)(H,27,28)(H,32,33). The van der Waals surface area contributed by atoms with Gasteiger partial charge < -0.3 is 36.6 Å². The van der Waals surface area contributed by atoms with Crippen molar-refractivity contribution in [3.05, 3.63) is 29.8 Å². The van der Waals surface area contributed by atoms with Crippen LogP contribution in [0.3, 0.4) is 0 Å². The Morgan fingerprint density at radius 3 is 2.29 bits per heavy atom. The topological polar surface area (TPSA) is 199 Å². The van der Waals surface area contributed by atoms with Crippen LogP contribution in [0.25, 0.3) is 0 Å². The van der Waals surface area contributed by atoms with E-state index in [1.165, 1.54) is 17.0 Å². The van der Waals surface area contributed by atoms with Crippen LogP contribution >= 0.6 is 12.6 Å². The number of carboxylic acid groups (broad SMARTS) is 2. The van der Waals surface area contributed by atoms with E-state index in [1.807, 2.05) is 0 Å². The van der Waals surface area contributed by atoms with Gasteiger partial charge in [-0.15, -0.1) is 0 Å². The number of nitrogens with zero attached hydrogens (tertiary/aromatic N) is 1. The van der Waals surface area contributed by atoms with E-state index in [2.05, 4.69) is 23.3 Å². The van der Waals surface area contributed by atoms with Crippen LogP contribution in [-0.2, 0) is 30.4 Å². The molecule has 0 saturated carbocycles. The second kappa shape index (κ2) is 12.2. The third-order valence-corrected chi connectivity index (χ3v) is 5.72. The minimum absolute atomic E-state index is 0.0837. The van der Waals surface area contributed by atoms with E-state index in [0.29, 0.717) is 19.4 Å². The number of carboxylic acids is 2. The van der Waals surface area contributed by atoms with Gasteiger partial charge in [0.25, 0.3) is 0 Å². The van der Waals surface area contributed by atoms with Gasteiger partial charge in [0.15, 0.2) is 0 Å².